The van der Waals surface area contributed by atoms with Crippen LogP contribution in [0.15, 0.2) is 0 Å². The zero-order chi connectivity index (χ0) is 15.2. The van der Waals surface area contributed by atoms with Crippen molar-refractivity contribution in [3.8, 4) is 0 Å². The SMILES string of the molecule is CC[C@H](NC(=O)C(CC(C)C)NS(C)(=O)=O)C(=O)O. The molecular formula is C11H22N2O5S. The topological polar surface area (TPSA) is 113 Å². The van der Waals surface area contributed by atoms with Crippen molar-refractivity contribution in [1.29, 1.82) is 0 Å². The molecule has 0 saturated heterocycles. The molecule has 0 aromatic carbocycles. The Morgan fingerprint density at radius 1 is 1.21 bits per heavy atom. The van der Waals surface area contributed by atoms with Gasteiger partial charge in [-0.25, -0.2) is 17.9 Å². The van der Waals surface area contributed by atoms with Crippen LogP contribution in [0.1, 0.15) is 33.6 Å². The van der Waals surface area contributed by atoms with E-state index in [1.165, 1.54) is 0 Å². The number of carbonyl (C=O) groups is 2. The second-order valence-electron chi connectivity index (χ2n) is 4.88. The monoisotopic (exact) mass is 294 g/mol. The normalized spacial score (nSPS) is 15.0. The molecule has 0 aliphatic rings. The van der Waals surface area contributed by atoms with Gasteiger partial charge in [-0.3, -0.25) is 4.79 Å². The van der Waals surface area contributed by atoms with Gasteiger partial charge in [-0.05, 0) is 18.8 Å². The Morgan fingerprint density at radius 3 is 2.05 bits per heavy atom. The Kier molecular flexibility index (Phi) is 6.99. The zero-order valence-electron chi connectivity index (χ0n) is 11.6. The summed E-state index contributed by atoms with van der Waals surface area (Å²) in [4.78, 5) is 22.8. The number of nitrogens with one attached hydrogen (secondary N) is 2. The Balaban J connectivity index is 4.85. The summed E-state index contributed by atoms with van der Waals surface area (Å²) in [5.74, 6) is -1.67. The van der Waals surface area contributed by atoms with Gasteiger partial charge in [0.2, 0.25) is 15.9 Å². The minimum atomic E-state index is -3.54. The van der Waals surface area contributed by atoms with Gasteiger partial charge in [0.15, 0.2) is 0 Å². The highest BCUT2D eigenvalue weighted by atomic mass is 32.2. The number of carboxylic acids is 1. The predicted octanol–water partition coefficient (Wildman–Crippen LogP) is -0.0703. The van der Waals surface area contributed by atoms with Crippen molar-refractivity contribution in [2.75, 3.05) is 6.26 Å². The second-order valence-corrected chi connectivity index (χ2v) is 6.66. The van der Waals surface area contributed by atoms with E-state index in [4.69, 9.17) is 5.11 Å². The van der Waals surface area contributed by atoms with Gasteiger partial charge in [0.05, 0.1) is 6.26 Å². The molecule has 1 amide bonds. The van der Waals surface area contributed by atoms with E-state index in [1.807, 2.05) is 13.8 Å². The fourth-order valence-electron chi connectivity index (χ4n) is 1.55. The largest absolute Gasteiger partial charge is 0.480 e. The third kappa shape index (κ3) is 7.78. The van der Waals surface area contributed by atoms with Crippen LogP contribution in [0.2, 0.25) is 0 Å². The minimum absolute atomic E-state index is 0.0925. The van der Waals surface area contributed by atoms with Crippen LogP contribution in [0.4, 0.5) is 0 Å². The fraction of sp³-hybridized carbons (Fsp3) is 0.818. The molecule has 0 saturated carbocycles. The molecule has 0 rings (SSSR count). The minimum Gasteiger partial charge on any atom is -0.480 e. The first-order valence-electron chi connectivity index (χ1n) is 6.07. The first kappa shape index (κ1) is 17.8. The third-order valence-corrected chi connectivity index (χ3v) is 3.12. The zero-order valence-corrected chi connectivity index (χ0v) is 12.5. The van der Waals surface area contributed by atoms with E-state index in [0.29, 0.717) is 6.42 Å². The van der Waals surface area contributed by atoms with Crippen LogP contribution in [-0.4, -0.2) is 43.7 Å². The molecule has 0 aliphatic carbocycles. The number of rotatable bonds is 8. The van der Waals surface area contributed by atoms with Gasteiger partial charge in [-0.1, -0.05) is 20.8 Å². The maximum Gasteiger partial charge on any atom is 0.326 e. The summed E-state index contributed by atoms with van der Waals surface area (Å²) >= 11 is 0. The van der Waals surface area contributed by atoms with E-state index in [1.54, 1.807) is 6.92 Å². The van der Waals surface area contributed by atoms with Gasteiger partial charge in [-0.15, -0.1) is 0 Å². The highest BCUT2D eigenvalue weighted by Crippen LogP contribution is 2.07. The number of carboxylic acid groups (broad SMARTS) is 1. The summed E-state index contributed by atoms with van der Waals surface area (Å²) in [6.45, 7) is 5.32. The van der Waals surface area contributed by atoms with Crippen LogP contribution in [-0.2, 0) is 19.6 Å². The lowest BCUT2D eigenvalue weighted by Gasteiger charge is -2.21. The summed E-state index contributed by atoms with van der Waals surface area (Å²) in [7, 11) is -3.54. The Labute approximate surface area is 113 Å². The lowest BCUT2D eigenvalue weighted by atomic mass is 10.0. The van der Waals surface area contributed by atoms with Crippen molar-refractivity contribution in [2.24, 2.45) is 5.92 Å². The molecule has 0 fully saturated rings. The van der Waals surface area contributed by atoms with Gasteiger partial charge in [-0.2, -0.15) is 0 Å². The smallest absolute Gasteiger partial charge is 0.326 e. The molecular weight excluding hydrogens is 272 g/mol. The maximum absolute atomic E-state index is 11.9. The molecule has 8 heteroatoms. The number of amides is 1. The Hall–Kier alpha value is -1.15. The van der Waals surface area contributed by atoms with E-state index >= 15 is 0 Å². The molecule has 0 spiro atoms. The fourth-order valence-corrected chi connectivity index (χ4v) is 2.27. The molecule has 19 heavy (non-hydrogen) atoms. The summed E-state index contributed by atoms with van der Waals surface area (Å²) in [6, 6.07) is -1.97. The third-order valence-electron chi connectivity index (χ3n) is 2.40. The molecule has 1 unspecified atom stereocenters. The lowest BCUT2D eigenvalue weighted by Crippen LogP contribution is -2.51. The molecule has 0 heterocycles. The van der Waals surface area contributed by atoms with Gasteiger partial charge in [0, 0.05) is 0 Å². The first-order chi connectivity index (χ1) is 8.56. The van der Waals surface area contributed by atoms with Gasteiger partial charge in [0.25, 0.3) is 0 Å². The van der Waals surface area contributed by atoms with Crippen molar-refractivity contribution < 1.29 is 23.1 Å². The van der Waals surface area contributed by atoms with Crippen molar-refractivity contribution in [3.63, 3.8) is 0 Å². The van der Waals surface area contributed by atoms with Crippen LogP contribution >= 0.6 is 0 Å². The standard InChI is InChI=1S/C11H22N2O5S/c1-5-8(11(15)16)12-10(14)9(6-7(2)3)13-19(4,17)18/h7-9,13H,5-6H2,1-4H3,(H,12,14)(H,15,16)/t8-,9?/m0/s1. The van der Waals surface area contributed by atoms with Gasteiger partial charge in [0.1, 0.15) is 12.1 Å². The van der Waals surface area contributed by atoms with Crippen LogP contribution in [0.25, 0.3) is 0 Å². The van der Waals surface area contributed by atoms with E-state index < -0.39 is 34.0 Å². The number of carbonyl (C=O) groups excluding carboxylic acids is 1. The molecule has 0 aliphatic heterocycles. The number of hydrogen-bond acceptors (Lipinski definition) is 4. The van der Waals surface area contributed by atoms with Crippen molar-refractivity contribution in [3.05, 3.63) is 0 Å². The number of sulfonamides is 1. The predicted molar refractivity (Wildman–Crippen MR) is 71.1 cm³/mol. The summed E-state index contributed by atoms with van der Waals surface area (Å²) < 4.78 is 24.6. The molecule has 7 nitrogen and oxygen atoms in total. The molecule has 0 radical (unpaired) electrons. The average molecular weight is 294 g/mol. The molecule has 112 valence electrons. The van der Waals surface area contributed by atoms with Crippen LogP contribution in [0, 0.1) is 5.92 Å². The number of aliphatic carboxylic acids is 1. The molecule has 2 atom stereocenters. The van der Waals surface area contributed by atoms with Gasteiger partial charge >= 0.3 is 5.97 Å². The Bertz CT molecular complexity index is 419. The molecule has 0 aromatic heterocycles. The number of hydrogen-bond donors (Lipinski definition) is 3. The van der Waals surface area contributed by atoms with Crippen molar-refractivity contribution in [1.82, 2.24) is 10.0 Å². The van der Waals surface area contributed by atoms with E-state index in [2.05, 4.69) is 10.0 Å². The maximum atomic E-state index is 11.9. The van der Waals surface area contributed by atoms with E-state index in [9.17, 15) is 18.0 Å². The summed E-state index contributed by atoms with van der Waals surface area (Å²) in [5, 5.41) is 11.2. The van der Waals surface area contributed by atoms with Gasteiger partial charge < -0.3 is 10.4 Å². The molecule has 0 aromatic rings. The quantitative estimate of drug-likeness (QED) is 0.580. The van der Waals surface area contributed by atoms with Crippen molar-refractivity contribution >= 4 is 21.9 Å². The second kappa shape index (κ2) is 7.44. The summed E-state index contributed by atoms with van der Waals surface area (Å²) in [5.41, 5.74) is 0. The highest BCUT2D eigenvalue weighted by Gasteiger charge is 2.26. The highest BCUT2D eigenvalue weighted by molar-refractivity contribution is 7.88. The van der Waals surface area contributed by atoms with Crippen LogP contribution in [0.5, 0.6) is 0 Å². The summed E-state index contributed by atoms with van der Waals surface area (Å²) in [6.07, 6.45) is 1.49. The van der Waals surface area contributed by atoms with Crippen LogP contribution < -0.4 is 10.0 Å². The lowest BCUT2D eigenvalue weighted by molar-refractivity contribution is -0.142. The van der Waals surface area contributed by atoms with Crippen LogP contribution in [0.3, 0.4) is 0 Å². The van der Waals surface area contributed by atoms with E-state index in [0.717, 1.165) is 6.26 Å². The average Bonchev–Trinajstić information content (AvgIpc) is 2.21. The van der Waals surface area contributed by atoms with Crippen molar-refractivity contribution in [2.45, 2.75) is 45.7 Å². The molecule has 3 N–H and O–H groups in total. The molecule has 0 bridgehead atoms. The first-order valence-corrected chi connectivity index (χ1v) is 7.96. The van der Waals surface area contributed by atoms with E-state index in [-0.39, 0.29) is 12.3 Å². The Morgan fingerprint density at radius 2 is 1.74 bits per heavy atom.